The van der Waals surface area contributed by atoms with E-state index in [-0.39, 0.29) is 15.1 Å². The van der Waals surface area contributed by atoms with E-state index in [0.717, 1.165) is 5.56 Å². The fourth-order valence-corrected chi connectivity index (χ4v) is 4.57. The number of carbonyl (C=O) groups is 1. The van der Waals surface area contributed by atoms with Crippen LogP contribution >= 0.6 is 31.9 Å². The topological polar surface area (TPSA) is 66.0 Å². The fraction of sp³-hybridized carbons (Fsp3) is 0.529. The zero-order chi connectivity index (χ0) is 17.4. The van der Waals surface area contributed by atoms with Crippen molar-refractivity contribution in [2.45, 2.75) is 37.0 Å². The molecule has 0 aromatic carbocycles. The average Bonchev–Trinajstić information content (AvgIpc) is 2.77. The number of nitrogens with zero attached hydrogens (tertiary/aromatic N) is 2. The number of halogens is 2. The summed E-state index contributed by atoms with van der Waals surface area (Å²) >= 11 is 6.90. The minimum absolute atomic E-state index is 0.0266. The molecule has 0 bridgehead atoms. The van der Waals surface area contributed by atoms with Gasteiger partial charge in [-0.15, -0.1) is 6.42 Å². The van der Waals surface area contributed by atoms with Crippen molar-refractivity contribution in [3.8, 4) is 18.4 Å². The number of carboxylic acids is 1. The van der Waals surface area contributed by atoms with Crippen LogP contribution in [0.5, 0.6) is 0 Å². The Labute approximate surface area is 153 Å². The van der Waals surface area contributed by atoms with Crippen LogP contribution in [-0.4, -0.2) is 19.4 Å². The molecule has 1 aromatic rings. The molecule has 2 rings (SSSR count). The average molecular weight is 442 g/mol. The number of nitriles is 1. The maximum atomic E-state index is 12.1. The predicted octanol–water partition coefficient (Wildman–Crippen LogP) is 3.77. The summed E-state index contributed by atoms with van der Waals surface area (Å²) < 4.78 is 1.76. The van der Waals surface area contributed by atoms with Crippen LogP contribution in [0.4, 0.5) is 0 Å². The Bertz CT molecular complexity index is 709. The lowest BCUT2D eigenvalue weighted by Crippen LogP contribution is -2.25. The SMILES string of the molecule is C#CCn1ccc(C[C@@]2(C(=O)O)[C@H](CC(Br)Br)C2(C)C)c1C#N. The summed E-state index contributed by atoms with van der Waals surface area (Å²) in [7, 11) is 0. The molecule has 1 aliphatic rings. The normalized spacial score (nSPS) is 24.9. The van der Waals surface area contributed by atoms with Crippen LogP contribution in [0, 0.1) is 40.4 Å². The summed E-state index contributed by atoms with van der Waals surface area (Å²) in [6.45, 7) is 4.28. The molecule has 0 radical (unpaired) electrons. The standard InChI is InChI=1S/C17H18Br2N2O2/c1-4-6-21-7-5-11(12(21)10-20)9-17(15(22)23)13(8-14(18)19)16(17,2)3/h1,5,7,13-14H,6,8-9H2,2-3H3,(H,22,23)/t13-,17+/m1/s1. The van der Waals surface area contributed by atoms with Crippen LogP contribution < -0.4 is 0 Å². The van der Waals surface area contributed by atoms with Crippen molar-refractivity contribution < 1.29 is 9.90 Å². The van der Waals surface area contributed by atoms with E-state index in [1.807, 2.05) is 19.9 Å². The van der Waals surface area contributed by atoms with Gasteiger partial charge in [0.05, 0.1) is 15.7 Å². The number of terminal acetylenes is 1. The van der Waals surface area contributed by atoms with Crippen LogP contribution in [0.3, 0.4) is 0 Å². The van der Waals surface area contributed by atoms with Crippen molar-refractivity contribution in [1.29, 1.82) is 5.26 Å². The molecule has 1 heterocycles. The number of hydrogen-bond acceptors (Lipinski definition) is 2. The highest BCUT2D eigenvalue weighted by atomic mass is 79.9. The molecular formula is C17H18Br2N2O2. The third kappa shape index (κ3) is 2.84. The molecule has 0 spiro atoms. The van der Waals surface area contributed by atoms with Gasteiger partial charge in [-0.05, 0) is 35.8 Å². The Morgan fingerprint density at radius 1 is 1.57 bits per heavy atom. The maximum Gasteiger partial charge on any atom is 0.310 e. The second-order valence-corrected chi connectivity index (χ2v) is 9.93. The molecule has 1 aliphatic carbocycles. The molecule has 23 heavy (non-hydrogen) atoms. The molecule has 0 aliphatic heterocycles. The summed E-state index contributed by atoms with van der Waals surface area (Å²) in [5.41, 5.74) is 0.0148. The van der Waals surface area contributed by atoms with E-state index >= 15 is 0 Å². The number of alkyl halides is 2. The summed E-state index contributed by atoms with van der Waals surface area (Å²) in [6, 6.07) is 3.97. The third-order valence-electron chi connectivity index (χ3n) is 5.21. The number of hydrogen-bond donors (Lipinski definition) is 1. The van der Waals surface area contributed by atoms with Gasteiger partial charge in [-0.25, -0.2) is 0 Å². The van der Waals surface area contributed by atoms with Crippen LogP contribution in [-0.2, 0) is 17.8 Å². The van der Waals surface area contributed by atoms with Gasteiger partial charge in [0.1, 0.15) is 11.8 Å². The van der Waals surface area contributed by atoms with Gasteiger partial charge in [0, 0.05) is 6.20 Å². The first-order valence-electron chi connectivity index (χ1n) is 7.25. The fourth-order valence-electron chi connectivity index (χ4n) is 3.82. The van der Waals surface area contributed by atoms with Crippen LogP contribution in [0.2, 0.25) is 0 Å². The molecule has 4 nitrogen and oxygen atoms in total. The lowest BCUT2D eigenvalue weighted by Gasteiger charge is -2.15. The molecule has 1 N–H and O–H groups in total. The number of aromatic nitrogens is 1. The number of aliphatic carboxylic acids is 1. The minimum atomic E-state index is -0.860. The number of rotatable bonds is 6. The molecule has 2 atom stereocenters. The molecule has 0 saturated heterocycles. The Hall–Kier alpha value is -1.24. The van der Waals surface area contributed by atoms with Crippen molar-refractivity contribution in [3.05, 3.63) is 23.5 Å². The van der Waals surface area contributed by atoms with Gasteiger partial charge in [-0.3, -0.25) is 4.79 Å². The summed E-state index contributed by atoms with van der Waals surface area (Å²) in [5.74, 6) is 1.73. The van der Waals surface area contributed by atoms with Crippen LogP contribution in [0.1, 0.15) is 31.5 Å². The Morgan fingerprint density at radius 3 is 2.70 bits per heavy atom. The summed E-state index contributed by atoms with van der Waals surface area (Å²) in [4.78, 5) is 12.1. The molecule has 1 saturated carbocycles. The first-order valence-corrected chi connectivity index (χ1v) is 9.08. The van der Waals surface area contributed by atoms with Crippen molar-refractivity contribution in [3.63, 3.8) is 0 Å². The van der Waals surface area contributed by atoms with Gasteiger partial charge in [0.2, 0.25) is 0 Å². The zero-order valence-electron chi connectivity index (χ0n) is 13.0. The Kier molecular flexibility index (Phi) is 4.99. The monoisotopic (exact) mass is 440 g/mol. The summed E-state index contributed by atoms with van der Waals surface area (Å²) in [6.07, 6.45) is 8.13. The van der Waals surface area contributed by atoms with Gasteiger partial charge < -0.3 is 9.67 Å². The van der Waals surface area contributed by atoms with E-state index in [4.69, 9.17) is 6.42 Å². The lowest BCUT2D eigenvalue weighted by molar-refractivity contribution is -0.145. The van der Waals surface area contributed by atoms with Crippen LogP contribution in [0.15, 0.2) is 12.3 Å². The molecule has 122 valence electrons. The highest BCUT2D eigenvalue weighted by Gasteiger charge is 2.75. The van der Waals surface area contributed by atoms with Crippen molar-refractivity contribution in [1.82, 2.24) is 4.57 Å². The first kappa shape index (κ1) is 18.1. The van der Waals surface area contributed by atoms with Crippen molar-refractivity contribution in [2.24, 2.45) is 16.7 Å². The van der Waals surface area contributed by atoms with E-state index in [9.17, 15) is 15.2 Å². The zero-order valence-corrected chi connectivity index (χ0v) is 16.2. The molecule has 0 unspecified atom stereocenters. The van der Waals surface area contributed by atoms with E-state index in [1.165, 1.54) is 0 Å². The second kappa shape index (κ2) is 6.34. The van der Waals surface area contributed by atoms with Crippen LogP contribution in [0.25, 0.3) is 0 Å². The quantitative estimate of drug-likeness (QED) is 0.539. The number of carboxylic acid groups (broad SMARTS) is 1. The van der Waals surface area contributed by atoms with Gasteiger partial charge in [-0.2, -0.15) is 5.26 Å². The van der Waals surface area contributed by atoms with E-state index in [0.29, 0.717) is 25.1 Å². The molecular weight excluding hydrogens is 424 g/mol. The lowest BCUT2D eigenvalue weighted by atomic mass is 9.88. The van der Waals surface area contributed by atoms with Gasteiger partial charge in [0.15, 0.2) is 0 Å². The third-order valence-corrected chi connectivity index (χ3v) is 5.96. The first-order chi connectivity index (χ1) is 10.7. The van der Waals surface area contributed by atoms with Gasteiger partial charge in [-0.1, -0.05) is 51.6 Å². The van der Waals surface area contributed by atoms with Gasteiger partial charge >= 0.3 is 5.97 Å². The van der Waals surface area contributed by atoms with Crippen molar-refractivity contribution in [2.75, 3.05) is 0 Å². The van der Waals surface area contributed by atoms with Gasteiger partial charge in [0.25, 0.3) is 0 Å². The molecule has 1 aromatic heterocycles. The highest BCUT2D eigenvalue weighted by Crippen LogP contribution is 2.72. The largest absolute Gasteiger partial charge is 0.481 e. The maximum absolute atomic E-state index is 12.1. The molecule has 1 fully saturated rings. The Morgan fingerprint density at radius 2 is 2.22 bits per heavy atom. The molecule has 6 heteroatoms. The smallest absolute Gasteiger partial charge is 0.310 e. The summed E-state index contributed by atoms with van der Waals surface area (Å²) in [5, 5.41) is 19.3. The van der Waals surface area contributed by atoms with Crippen molar-refractivity contribution >= 4 is 37.8 Å². The predicted molar refractivity (Wildman–Crippen MR) is 95.3 cm³/mol. The highest BCUT2D eigenvalue weighted by molar-refractivity contribution is 9.24. The van der Waals surface area contributed by atoms with E-state index in [2.05, 4.69) is 43.8 Å². The Balaban J connectivity index is 2.39. The van der Waals surface area contributed by atoms with E-state index in [1.54, 1.807) is 10.8 Å². The second-order valence-electron chi connectivity index (χ2n) is 6.49. The van der Waals surface area contributed by atoms with E-state index < -0.39 is 11.4 Å². The minimum Gasteiger partial charge on any atom is -0.481 e. The molecule has 0 amide bonds.